The molecule has 0 spiro atoms. The quantitative estimate of drug-likeness (QED) is 0.243. The summed E-state index contributed by atoms with van der Waals surface area (Å²) in [6, 6.07) is 0. The summed E-state index contributed by atoms with van der Waals surface area (Å²) in [5.41, 5.74) is 10.7. The Morgan fingerprint density at radius 1 is 1.36 bits per heavy atom. The molecular weight excluding hydrogens is 200 g/mol. The Hall–Kier alpha value is -0.260. The fraction of sp³-hybridized carbons (Fsp3) is 0.889. The minimum atomic E-state index is -0.236. The second-order valence-corrected chi connectivity index (χ2v) is 3.84. The smallest absolute Gasteiger partial charge is 0.305 e. The minimum Gasteiger partial charge on any atom is -0.466 e. The van der Waals surface area contributed by atoms with Gasteiger partial charge in [0.15, 0.2) is 0 Å². The van der Waals surface area contributed by atoms with E-state index in [9.17, 15) is 4.79 Å². The van der Waals surface area contributed by atoms with Crippen molar-refractivity contribution in [2.24, 2.45) is 11.5 Å². The maximum atomic E-state index is 11.0. The third-order valence-electron chi connectivity index (χ3n) is 1.76. The molecule has 0 aliphatic carbocycles. The van der Waals surface area contributed by atoms with Gasteiger partial charge in [0.25, 0.3) is 0 Å². The Morgan fingerprint density at radius 3 is 2.64 bits per heavy atom. The molecule has 0 aromatic heterocycles. The Labute approximate surface area is 90.8 Å². The molecule has 14 heavy (non-hydrogen) atoms. The monoisotopic (exact) mass is 220 g/mol. The number of carbonyl (C=O) groups excluding carboxylic acids is 1. The van der Waals surface area contributed by atoms with Gasteiger partial charge in [-0.05, 0) is 32.2 Å². The van der Waals surface area contributed by atoms with Gasteiger partial charge in [-0.3, -0.25) is 4.79 Å². The molecular formula is C9H20N2O2S. The first-order chi connectivity index (χ1) is 6.66. The molecule has 1 unspecified atom stereocenters. The summed E-state index contributed by atoms with van der Waals surface area (Å²) in [5, 5.41) is -0.236. The molecule has 0 aromatic carbocycles. The topological polar surface area (TPSA) is 78.3 Å². The average molecular weight is 220 g/mol. The van der Waals surface area contributed by atoms with Crippen LogP contribution in [0, 0.1) is 0 Å². The van der Waals surface area contributed by atoms with Crippen LogP contribution in [0.4, 0.5) is 0 Å². The van der Waals surface area contributed by atoms with Crippen molar-refractivity contribution in [2.75, 3.05) is 13.2 Å². The summed E-state index contributed by atoms with van der Waals surface area (Å²) >= 11 is 3.97. The SMILES string of the molecule is NCCCCCOC(=O)CCC(N)S. The first-order valence-electron chi connectivity index (χ1n) is 4.96. The Bertz CT molecular complexity index is 154. The zero-order valence-corrected chi connectivity index (χ0v) is 9.34. The molecule has 0 rings (SSSR count). The van der Waals surface area contributed by atoms with Gasteiger partial charge in [0.1, 0.15) is 0 Å². The van der Waals surface area contributed by atoms with E-state index in [1.165, 1.54) is 0 Å². The summed E-state index contributed by atoms with van der Waals surface area (Å²) in [7, 11) is 0. The summed E-state index contributed by atoms with van der Waals surface area (Å²) in [4.78, 5) is 11.0. The molecule has 0 saturated carbocycles. The van der Waals surface area contributed by atoms with E-state index in [0.29, 0.717) is 26.0 Å². The lowest BCUT2D eigenvalue weighted by Crippen LogP contribution is -2.15. The fourth-order valence-electron chi connectivity index (χ4n) is 0.947. The summed E-state index contributed by atoms with van der Waals surface area (Å²) in [6.07, 6.45) is 3.79. The van der Waals surface area contributed by atoms with Crippen molar-refractivity contribution in [3.05, 3.63) is 0 Å². The van der Waals surface area contributed by atoms with E-state index in [2.05, 4.69) is 12.6 Å². The number of nitrogens with two attached hydrogens (primary N) is 2. The van der Waals surface area contributed by atoms with Crippen LogP contribution in [0.25, 0.3) is 0 Å². The van der Waals surface area contributed by atoms with Crippen molar-refractivity contribution in [2.45, 2.75) is 37.5 Å². The van der Waals surface area contributed by atoms with E-state index in [0.717, 1.165) is 19.3 Å². The van der Waals surface area contributed by atoms with Crippen molar-refractivity contribution in [1.29, 1.82) is 0 Å². The molecule has 0 aliphatic rings. The molecule has 0 fully saturated rings. The van der Waals surface area contributed by atoms with Crippen LogP contribution in [-0.4, -0.2) is 24.5 Å². The number of thiol groups is 1. The maximum Gasteiger partial charge on any atom is 0.305 e. The fourth-order valence-corrected chi connectivity index (χ4v) is 1.08. The molecule has 0 heterocycles. The van der Waals surface area contributed by atoms with Crippen molar-refractivity contribution in [3.8, 4) is 0 Å². The molecule has 1 atom stereocenters. The molecule has 0 aliphatic heterocycles. The Kier molecular flexibility index (Phi) is 9.13. The third kappa shape index (κ3) is 9.83. The van der Waals surface area contributed by atoms with Crippen LogP contribution in [0.15, 0.2) is 0 Å². The number of hydrogen-bond donors (Lipinski definition) is 3. The highest BCUT2D eigenvalue weighted by Gasteiger charge is 2.04. The largest absolute Gasteiger partial charge is 0.466 e. The van der Waals surface area contributed by atoms with Crippen molar-refractivity contribution >= 4 is 18.6 Å². The van der Waals surface area contributed by atoms with E-state index in [4.69, 9.17) is 16.2 Å². The lowest BCUT2D eigenvalue weighted by atomic mass is 10.2. The van der Waals surface area contributed by atoms with Crippen LogP contribution in [-0.2, 0) is 9.53 Å². The second-order valence-electron chi connectivity index (χ2n) is 3.18. The van der Waals surface area contributed by atoms with Crippen LogP contribution < -0.4 is 11.5 Å². The highest BCUT2D eigenvalue weighted by atomic mass is 32.1. The molecule has 84 valence electrons. The van der Waals surface area contributed by atoms with Crippen LogP contribution in [0.2, 0.25) is 0 Å². The highest BCUT2D eigenvalue weighted by molar-refractivity contribution is 7.80. The summed E-state index contributed by atoms with van der Waals surface area (Å²) < 4.78 is 4.97. The predicted molar refractivity (Wildman–Crippen MR) is 60.1 cm³/mol. The van der Waals surface area contributed by atoms with E-state index < -0.39 is 0 Å². The predicted octanol–water partition coefficient (Wildman–Crippen LogP) is 0.653. The van der Waals surface area contributed by atoms with Gasteiger partial charge in [-0.1, -0.05) is 0 Å². The standard InChI is InChI=1S/C9H20N2O2S/c10-6-2-1-3-7-13-9(12)5-4-8(11)14/h8,14H,1-7,10-11H2. The number of carbonyl (C=O) groups is 1. The summed E-state index contributed by atoms with van der Waals surface area (Å²) in [6.45, 7) is 1.18. The number of rotatable bonds is 8. The van der Waals surface area contributed by atoms with Crippen molar-refractivity contribution < 1.29 is 9.53 Å². The number of unbranched alkanes of at least 4 members (excludes halogenated alkanes) is 2. The molecule has 0 amide bonds. The van der Waals surface area contributed by atoms with Gasteiger partial charge >= 0.3 is 5.97 Å². The number of hydrogen-bond acceptors (Lipinski definition) is 5. The van der Waals surface area contributed by atoms with E-state index in [1.54, 1.807) is 0 Å². The molecule has 0 saturated heterocycles. The summed E-state index contributed by atoms with van der Waals surface area (Å²) in [5.74, 6) is -0.192. The molecule has 5 heteroatoms. The van der Waals surface area contributed by atoms with Gasteiger partial charge in [-0.25, -0.2) is 0 Å². The van der Waals surface area contributed by atoms with Gasteiger partial charge < -0.3 is 16.2 Å². The number of esters is 1. The van der Waals surface area contributed by atoms with Crippen molar-refractivity contribution in [3.63, 3.8) is 0 Å². The highest BCUT2D eigenvalue weighted by Crippen LogP contribution is 2.01. The second kappa shape index (κ2) is 9.30. The Balaban J connectivity index is 3.18. The van der Waals surface area contributed by atoms with Gasteiger partial charge in [0.05, 0.1) is 6.61 Å². The normalized spacial score (nSPS) is 12.5. The van der Waals surface area contributed by atoms with Crippen LogP contribution in [0.3, 0.4) is 0 Å². The maximum absolute atomic E-state index is 11.0. The van der Waals surface area contributed by atoms with E-state index in [-0.39, 0.29) is 11.3 Å². The first kappa shape index (κ1) is 13.7. The molecule has 0 aromatic rings. The molecule has 4 nitrogen and oxygen atoms in total. The van der Waals surface area contributed by atoms with Crippen LogP contribution in [0.5, 0.6) is 0 Å². The minimum absolute atomic E-state index is 0.192. The lowest BCUT2D eigenvalue weighted by Gasteiger charge is -2.05. The van der Waals surface area contributed by atoms with Gasteiger partial charge in [0, 0.05) is 11.8 Å². The molecule has 4 N–H and O–H groups in total. The van der Waals surface area contributed by atoms with Crippen LogP contribution >= 0.6 is 12.6 Å². The van der Waals surface area contributed by atoms with Crippen molar-refractivity contribution in [1.82, 2.24) is 0 Å². The lowest BCUT2D eigenvalue weighted by molar-refractivity contribution is -0.143. The van der Waals surface area contributed by atoms with Crippen LogP contribution in [0.1, 0.15) is 32.1 Å². The first-order valence-corrected chi connectivity index (χ1v) is 5.47. The zero-order valence-electron chi connectivity index (χ0n) is 8.45. The van der Waals surface area contributed by atoms with E-state index >= 15 is 0 Å². The average Bonchev–Trinajstić information content (AvgIpc) is 2.14. The zero-order chi connectivity index (χ0) is 10.8. The van der Waals surface area contributed by atoms with Gasteiger partial charge in [-0.15, -0.1) is 0 Å². The van der Waals surface area contributed by atoms with Gasteiger partial charge in [0.2, 0.25) is 0 Å². The van der Waals surface area contributed by atoms with E-state index in [1.807, 2.05) is 0 Å². The molecule has 0 bridgehead atoms. The third-order valence-corrected chi connectivity index (χ3v) is 2.01. The molecule has 0 radical (unpaired) electrons. The number of ether oxygens (including phenoxy) is 1. The Morgan fingerprint density at radius 2 is 2.07 bits per heavy atom. The van der Waals surface area contributed by atoms with Gasteiger partial charge in [-0.2, -0.15) is 12.6 Å².